The zero-order valence-corrected chi connectivity index (χ0v) is 11.7. The number of nitrogens with zero attached hydrogens (tertiary/aromatic N) is 1. The molecule has 0 heterocycles. The van der Waals surface area contributed by atoms with Gasteiger partial charge in [-0.1, -0.05) is 0 Å². The van der Waals surface area contributed by atoms with Crippen molar-refractivity contribution in [1.29, 1.82) is 0 Å². The maximum absolute atomic E-state index is 11.5. The predicted molar refractivity (Wildman–Crippen MR) is 68.6 cm³/mol. The fourth-order valence-corrected chi connectivity index (χ4v) is 4.42. The number of hydrogen-bond donors (Lipinski definition) is 0. The summed E-state index contributed by atoms with van der Waals surface area (Å²) in [6.07, 6.45) is 1.60. The Morgan fingerprint density at radius 3 is 1.61 bits per heavy atom. The van der Waals surface area contributed by atoms with Crippen LogP contribution in [0.25, 0.3) is 0 Å². The zero-order valence-electron chi connectivity index (χ0n) is 10.1. The first-order chi connectivity index (χ1) is 8.03. The number of anilines is 1. The van der Waals surface area contributed by atoms with Gasteiger partial charge in [0, 0.05) is 5.56 Å². The van der Waals surface area contributed by atoms with Crippen LogP contribution in [-0.4, -0.2) is 35.1 Å². The lowest BCUT2D eigenvalue weighted by Crippen LogP contribution is -2.35. The van der Waals surface area contributed by atoms with Gasteiger partial charge in [-0.05, 0) is 31.2 Å². The Kier molecular flexibility index (Phi) is 3.82. The molecule has 0 bridgehead atoms. The molecule has 0 N–H and O–H groups in total. The maximum Gasteiger partial charge on any atom is 0.245 e. The van der Waals surface area contributed by atoms with Crippen molar-refractivity contribution in [2.45, 2.75) is 6.92 Å². The molecular formula is C10H13NO5S2. The number of ketones is 1. The van der Waals surface area contributed by atoms with Gasteiger partial charge in [0.2, 0.25) is 20.0 Å². The molecule has 0 unspecified atom stereocenters. The summed E-state index contributed by atoms with van der Waals surface area (Å²) in [5.41, 5.74) is 0.353. The van der Waals surface area contributed by atoms with E-state index in [-0.39, 0.29) is 11.5 Å². The minimum Gasteiger partial charge on any atom is -0.295 e. The topological polar surface area (TPSA) is 88.6 Å². The van der Waals surface area contributed by atoms with Crippen molar-refractivity contribution in [1.82, 2.24) is 0 Å². The highest BCUT2D eigenvalue weighted by Gasteiger charge is 2.27. The summed E-state index contributed by atoms with van der Waals surface area (Å²) >= 11 is 0. The molecule has 6 nitrogen and oxygen atoms in total. The summed E-state index contributed by atoms with van der Waals surface area (Å²) < 4.78 is 46.2. The summed E-state index contributed by atoms with van der Waals surface area (Å²) in [6.45, 7) is 1.36. The van der Waals surface area contributed by atoms with E-state index in [1.165, 1.54) is 31.2 Å². The molecule has 1 rings (SSSR count). The van der Waals surface area contributed by atoms with Gasteiger partial charge < -0.3 is 0 Å². The van der Waals surface area contributed by atoms with E-state index < -0.39 is 20.0 Å². The lowest BCUT2D eigenvalue weighted by atomic mass is 10.1. The highest BCUT2D eigenvalue weighted by atomic mass is 32.3. The van der Waals surface area contributed by atoms with Crippen molar-refractivity contribution in [2.75, 3.05) is 16.2 Å². The second kappa shape index (κ2) is 4.69. The van der Waals surface area contributed by atoms with Crippen LogP contribution in [0.1, 0.15) is 17.3 Å². The standard InChI is InChI=1S/C10H13NO5S2/c1-8(12)9-4-6-10(7-5-9)11(17(2,13)14)18(3,15)16/h4-7H,1-3H3. The molecule has 0 aliphatic rings. The summed E-state index contributed by atoms with van der Waals surface area (Å²) in [6, 6.07) is 5.31. The van der Waals surface area contributed by atoms with Crippen molar-refractivity contribution in [3.8, 4) is 0 Å². The number of Topliss-reactive ketones (excluding diaryl/α,β-unsaturated/α-hetero) is 1. The molecule has 1 aromatic rings. The van der Waals surface area contributed by atoms with Gasteiger partial charge in [0.05, 0.1) is 18.2 Å². The van der Waals surface area contributed by atoms with Crippen LogP contribution in [0.3, 0.4) is 0 Å². The van der Waals surface area contributed by atoms with E-state index in [4.69, 9.17) is 0 Å². The van der Waals surface area contributed by atoms with Gasteiger partial charge in [0.1, 0.15) is 0 Å². The smallest absolute Gasteiger partial charge is 0.245 e. The zero-order chi connectivity index (χ0) is 14.1. The van der Waals surface area contributed by atoms with Crippen LogP contribution in [0.15, 0.2) is 24.3 Å². The molecular weight excluding hydrogens is 278 g/mol. The summed E-state index contributed by atoms with van der Waals surface area (Å²) in [5.74, 6) is -0.188. The van der Waals surface area contributed by atoms with Crippen molar-refractivity contribution >= 4 is 31.5 Å². The number of benzene rings is 1. The third-order valence-electron chi connectivity index (χ3n) is 2.09. The predicted octanol–water partition coefficient (Wildman–Crippen LogP) is 0.615. The molecule has 0 radical (unpaired) electrons. The Morgan fingerprint density at radius 1 is 0.944 bits per heavy atom. The van der Waals surface area contributed by atoms with Crippen LogP contribution in [0.2, 0.25) is 0 Å². The first-order valence-corrected chi connectivity index (χ1v) is 8.54. The molecule has 100 valence electrons. The van der Waals surface area contributed by atoms with Crippen LogP contribution in [-0.2, 0) is 20.0 Å². The Morgan fingerprint density at radius 2 is 1.33 bits per heavy atom. The Balaban J connectivity index is 3.38. The summed E-state index contributed by atoms with van der Waals surface area (Å²) in [5, 5.41) is 0. The highest BCUT2D eigenvalue weighted by Crippen LogP contribution is 2.21. The van der Waals surface area contributed by atoms with Crippen molar-refractivity contribution in [3.05, 3.63) is 29.8 Å². The normalized spacial score (nSPS) is 12.2. The summed E-state index contributed by atoms with van der Waals surface area (Å²) in [4.78, 5) is 11.1. The lowest BCUT2D eigenvalue weighted by Gasteiger charge is -2.19. The maximum atomic E-state index is 11.5. The van der Waals surface area contributed by atoms with Crippen LogP contribution in [0, 0.1) is 0 Å². The molecule has 1 aromatic carbocycles. The van der Waals surface area contributed by atoms with E-state index in [0.29, 0.717) is 9.27 Å². The lowest BCUT2D eigenvalue weighted by molar-refractivity contribution is 0.101. The van der Waals surface area contributed by atoms with E-state index >= 15 is 0 Å². The molecule has 0 atom stereocenters. The largest absolute Gasteiger partial charge is 0.295 e. The van der Waals surface area contributed by atoms with E-state index in [9.17, 15) is 21.6 Å². The minimum atomic E-state index is -3.95. The monoisotopic (exact) mass is 291 g/mol. The van der Waals surface area contributed by atoms with Crippen LogP contribution in [0.5, 0.6) is 0 Å². The molecule has 0 aliphatic heterocycles. The molecule has 0 aliphatic carbocycles. The van der Waals surface area contributed by atoms with Gasteiger partial charge in [-0.3, -0.25) is 4.79 Å². The van der Waals surface area contributed by atoms with Crippen molar-refractivity contribution in [3.63, 3.8) is 0 Å². The molecule has 0 fully saturated rings. The number of hydrogen-bond acceptors (Lipinski definition) is 5. The molecule has 8 heteroatoms. The SMILES string of the molecule is CC(=O)c1ccc(N(S(C)(=O)=O)S(C)(=O)=O)cc1. The van der Waals surface area contributed by atoms with Crippen molar-refractivity contribution < 1.29 is 21.6 Å². The van der Waals surface area contributed by atoms with E-state index in [1.807, 2.05) is 0 Å². The molecule has 0 spiro atoms. The molecule has 0 amide bonds. The Hall–Kier alpha value is -1.41. The third kappa shape index (κ3) is 3.30. The van der Waals surface area contributed by atoms with Crippen LogP contribution in [0.4, 0.5) is 5.69 Å². The average molecular weight is 291 g/mol. The van der Waals surface area contributed by atoms with Crippen LogP contribution < -0.4 is 3.71 Å². The number of carbonyl (C=O) groups excluding carboxylic acids is 1. The molecule has 18 heavy (non-hydrogen) atoms. The number of sulfonamides is 2. The fraction of sp³-hybridized carbons (Fsp3) is 0.300. The van der Waals surface area contributed by atoms with Gasteiger partial charge >= 0.3 is 0 Å². The molecule has 0 aromatic heterocycles. The number of rotatable bonds is 4. The number of carbonyl (C=O) groups is 1. The Bertz CT molecular complexity index is 627. The first kappa shape index (κ1) is 14.7. The summed E-state index contributed by atoms with van der Waals surface area (Å²) in [7, 11) is -7.90. The highest BCUT2D eigenvalue weighted by molar-refractivity contribution is 8.09. The fourth-order valence-electron chi connectivity index (χ4n) is 1.45. The quantitative estimate of drug-likeness (QED) is 0.758. The van der Waals surface area contributed by atoms with E-state index in [2.05, 4.69) is 0 Å². The van der Waals surface area contributed by atoms with Gasteiger partial charge in [-0.2, -0.15) is 3.71 Å². The van der Waals surface area contributed by atoms with E-state index in [1.54, 1.807) is 0 Å². The average Bonchev–Trinajstić information content (AvgIpc) is 2.13. The molecule has 0 saturated carbocycles. The second-order valence-corrected chi connectivity index (χ2v) is 7.72. The minimum absolute atomic E-state index is 0.0231. The van der Waals surface area contributed by atoms with E-state index in [0.717, 1.165) is 12.5 Å². The van der Waals surface area contributed by atoms with Crippen molar-refractivity contribution in [2.24, 2.45) is 0 Å². The van der Waals surface area contributed by atoms with Gasteiger partial charge in [0.15, 0.2) is 5.78 Å². The van der Waals surface area contributed by atoms with Gasteiger partial charge in [-0.15, -0.1) is 0 Å². The molecule has 0 saturated heterocycles. The third-order valence-corrected chi connectivity index (χ3v) is 5.34. The Labute approximate surface area is 106 Å². The van der Waals surface area contributed by atoms with Gasteiger partial charge in [0.25, 0.3) is 0 Å². The first-order valence-electron chi connectivity index (χ1n) is 4.85. The second-order valence-electron chi connectivity index (χ2n) is 3.83. The van der Waals surface area contributed by atoms with Crippen LogP contribution >= 0.6 is 0 Å². The van der Waals surface area contributed by atoms with Gasteiger partial charge in [-0.25, -0.2) is 16.8 Å².